The quantitative estimate of drug-likeness (QED) is 0.522. The van der Waals surface area contributed by atoms with Crippen LogP contribution in [0.2, 0.25) is 5.21 Å². The molecule has 0 aliphatic carbocycles. The van der Waals surface area contributed by atoms with E-state index in [2.05, 4.69) is 4.18 Å². The van der Waals surface area contributed by atoms with Crippen molar-refractivity contribution in [2.45, 2.75) is 27.9 Å². The van der Waals surface area contributed by atoms with Crippen molar-refractivity contribution in [3.63, 3.8) is 0 Å². The molecular weight excluding hydrogens is 284 g/mol. The van der Waals surface area contributed by atoms with Gasteiger partial charge in [-0.1, -0.05) is 22.9 Å². The van der Waals surface area contributed by atoms with Crippen molar-refractivity contribution in [2.24, 2.45) is 0 Å². The zero-order valence-corrected chi connectivity index (χ0v) is 12.1. The van der Waals surface area contributed by atoms with Gasteiger partial charge >= 0.3 is 0 Å². The van der Waals surface area contributed by atoms with Crippen LogP contribution in [0.15, 0.2) is 29.2 Å². The second-order valence-electron chi connectivity index (χ2n) is 4.78. The largest absolute Gasteiger partial charge is 0.296 e. The fourth-order valence-electron chi connectivity index (χ4n) is 1.30. The molecule has 0 saturated carbocycles. The van der Waals surface area contributed by atoms with Gasteiger partial charge in [0.15, 0.2) is 0 Å². The summed E-state index contributed by atoms with van der Waals surface area (Å²) in [5.41, 5.74) is -2.49. The lowest BCUT2D eigenvalue weighted by Crippen LogP contribution is -2.59. The maximum atomic E-state index is 13.6. The van der Waals surface area contributed by atoms with Gasteiger partial charge in [0.25, 0.3) is 10.1 Å². The number of hydrogen-bond acceptors (Lipinski definition) is 3. The first-order chi connectivity index (χ1) is 9.21. The van der Waals surface area contributed by atoms with Crippen LogP contribution < -0.4 is 0 Å². The molecule has 0 bridgehead atoms. The Hall–Kier alpha value is -0.550. The van der Waals surface area contributed by atoms with Gasteiger partial charge in [-0.3, -0.25) is 8.57 Å². The smallest absolute Gasteiger partial charge is 0.280 e. The van der Waals surface area contributed by atoms with E-state index in [9.17, 15) is 12.8 Å². The molecule has 96 valence electrons. The van der Waals surface area contributed by atoms with Crippen LogP contribution in [-0.2, 0) is 14.3 Å². The fraction of sp³-hybridized carbons (Fsp3) is 0.400. The number of rotatable bonds is 5. The molecule has 0 N–H and O–H groups in total. The van der Waals surface area contributed by atoms with Gasteiger partial charge in [0, 0.05) is 10.9 Å². The topological polar surface area (TPSA) is 43.4 Å². The fourth-order valence-corrected chi connectivity index (χ4v) is 2.37. The monoisotopic (exact) mass is 292 g/mol. The summed E-state index contributed by atoms with van der Waals surface area (Å²) < 4.78 is 42.2. The van der Waals surface area contributed by atoms with Gasteiger partial charge in [-0.15, -0.1) is 0 Å². The summed E-state index contributed by atoms with van der Waals surface area (Å²) in [6, 6.07) is 5.49. The first kappa shape index (κ1) is 18.5. The third-order valence-corrected chi connectivity index (χ3v) is 4.18. The van der Waals surface area contributed by atoms with Gasteiger partial charge < -0.3 is 0 Å². The van der Waals surface area contributed by atoms with Crippen molar-refractivity contribution in [2.75, 3.05) is 0 Å². The van der Waals surface area contributed by atoms with Gasteiger partial charge in [-0.25, -0.2) is 0 Å². The SMILES string of the molecule is [B]C([B])(F)C([B])([B])C([B])([B])OS(=O)(=O)c1ccc(C)cc1. The predicted octanol–water partition coefficient (Wildman–Crippen LogP) is -0.895. The Morgan fingerprint density at radius 3 is 1.81 bits per heavy atom. The minimum absolute atomic E-state index is 0.275. The standard InChI is InChI=1S/C10H7B6FO3S/c1-6-2-4-7(5-3-6)21(18,19)20-10(15,16)8(11,12)9(13,14)17/h2-5H,1H3. The summed E-state index contributed by atoms with van der Waals surface area (Å²) >= 11 is 0. The lowest BCUT2D eigenvalue weighted by atomic mass is 9.25. The highest BCUT2D eigenvalue weighted by Crippen LogP contribution is 2.42. The van der Waals surface area contributed by atoms with E-state index >= 15 is 0 Å². The van der Waals surface area contributed by atoms with E-state index in [0.29, 0.717) is 0 Å². The van der Waals surface area contributed by atoms with E-state index in [4.69, 9.17) is 47.1 Å². The summed E-state index contributed by atoms with van der Waals surface area (Å²) in [4.78, 5) is -0.275. The molecule has 11 heteroatoms. The minimum Gasteiger partial charge on any atom is -0.280 e. The average molecular weight is 291 g/mol. The minimum atomic E-state index is -4.47. The van der Waals surface area contributed by atoms with E-state index in [-0.39, 0.29) is 4.90 Å². The van der Waals surface area contributed by atoms with Gasteiger partial charge in [0.05, 0.1) is 20.6 Å². The Balaban J connectivity index is 3.16. The highest BCUT2D eigenvalue weighted by Gasteiger charge is 2.48. The van der Waals surface area contributed by atoms with Crippen LogP contribution in [-0.4, -0.2) is 66.4 Å². The Labute approximate surface area is 132 Å². The van der Waals surface area contributed by atoms with Gasteiger partial charge in [0.1, 0.15) is 31.4 Å². The molecule has 1 aromatic rings. The third-order valence-electron chi connectivity index (χ3n) is 2.84. The summed E-state index contributed by atoms with van der Waals surface area (Å²) in [5.74, 6) is 0. The maximum absolute atomic E-state index is 13.6. The van der Waals surface area contributed by atoms with Gasteiger partial charge in [-0.05, 0) is 19.1 Å². The van der Waals surface area contributed by atoms with Crippen molar-refractivity contribution in [1.29, 1.82) is 0 Å². The highest BCUT2D eigenvalue weighted by molar-refractivity contribution is 7.86. The van der Waals surface area contributed by atoms with Crippen molar-refractivity contribution in [1.82, 2.24) is 0 Å². The molecule has 0 unspecified atom stereocenters. The Morgan fingerprint density at radius 1 is 1.00 bits per heavy atom. The second-order valence-corrected chi connectivity index (χ2v) is 6.33. The molecule has 0 aliphatic heterocycles. The molecule has 0 aromatic heterocycles. The van der Waals surface area contributed by atoms with Crippen molar-refractivity contribution in [3.05, 3.63) is 29.8 Å². The molecule has 3 nitrogen and oxygen atoms in total. The Kier molecular flexibility index (Phi) is 4.91. The van der Waals surface area contributed by atoms with Crippen molar-refractivity contribution in [3.8, 4) is 0 Å². The van der Waals surface area contributed by atoms with Crippen molar-refractivity contribution < 1.29 is 17.0 Å². The zero-order valence-electron chi connectivity index (χ0n) is 11.3. The molecule has 1 aromatic carbocycles. The Morgan fingerprint density at radius 2 is 1.43 bits per heavy atom. The molecule has 0 heterocycles. The number of alkyl halides is 1. The molecule has 21 heavy (non-hydrogen) atoms. The number of aryl methyl sites for hydroxylation is 1. The van der Waals surface area contributed by atoms with E-state index in [1.54, 1.807) is 6.92 Å². The summed E-state index contributed by atoms with van der Waals surface area (Å²) in [6.07, 6.45) is 0. The molecule has 0 fully saturated rings. The second kappa shape index (κ2) is 5.58. The lowest BCUT2D eigenvalue weighted by Gasteiger charge is -2.50. The molecular formula is C10H7B6FO3S. The molecule has 12 radical (unpaired) electrons. The van der Waals surface area contributed by atoms with Crippen LogP contribution in [0.3, 0.4) is 0 Å². The maximum Gasteiger partial charge on any atom is 0.296 e. The highest BCUT2D eigenvalue weighted by atomic mass is 32.2. The predicted molar refractivity (Wildman–Crippen MR) is 83.2 cm³/mol. The van der Waals surface area contributed by atoms with E-state index < -0.39 is 26.2 Å². The van der Waals surface area contributed by atoms with Crippen LogP contribution in [0, 0.1) is 6.92 Å². The van der Waals surface area contributed by atoms with Gasteiger partial charge in [-0.2, -0.15) is 8.42 Å². The van der Waals surface area contributed by atoms with E-state index in [1.807, 2.05) is 0 Å². The zero-order chi connectivity index (χ0) is 16.7. The molecule has 1 rings (SSSR count). The number of benzene rings is 1. The van der Waals surface area contributed by atoms with Crippen LogP contribution in [0.25, 0.3) is 0 Å². The first-order valence-corrected chi connectivity index (χ1v) is 7.06. The molecule has 0 spiro atoms. The van der Waals surface area contributed by atoms with Gasteiger partial charge in [0.2, 0.25) is 0 Å². The average Bonchev–Trinajstić information content (AvgIpc) is 2.26. The molecule has 0 amide bonds. The summed E-state index contributed by atoms with van der Waals surface area (Å²) in [7, 11) is 26.6. The van der Waals surface area contributed by atoms with Crippen LogP contribution >= 0.6 is 0 Å². The molecule has 0 atom stereocenters. The first-order valence-electron chi connectivity index (χ1n) is 5.65. The van der Waals surface area contributed by atoms with Crippen LogP contribution in [0.5, 0.6) is 0 Å². The summed E-state index contributed by atoms with van der Waals surface area (Å²) in [6.45, 7) is 1.75. The lowest BCUT2D eigenvalue weighted by molar-refractivity contribution is 0.178. The van der Waals surface area contributed by atoms with Crippen LogP contribution in [0.1, 0.15) is 5.56 Å². The molecule has 0 aliphatic rings. The van der Waals surface area contributed by atoms with E-state index in [1.165, 1.54) is 24.3 Å². The third kappa shape index (κ3) is 3.81. The molecule has 0 saturated heterocycles. The summed E-state index contributed by atoms with van der Waals surface area (Å²) in [5, 5.41) is -5.78. The van der Waals surface area contributed by atoms with E-state index in [0.717, 1.165) is 5.56 Å². The van der Waals surface area contributed by atoms with Crippen LogP contribution in [0.4, 0.5) is 4.39 Å². The number of halogens is 1. The Bertz CT molecular complexity index is 609. The van der Waals surface area contributed by atoms with Crippen molar-refractivity contribution >= 4 is 57.2 Å². The normalized spacial score (nSPS) is 14.0. The number of hydrogen-bond donors (Lipinski definition) is 0.